The number of allylic oxidation sites excluding steroid dienone is 1. The molecule has 160 valence electrons. The number of aromatic amines is 1. The molecular formula is C21H27N5O3S. The number of likely N-dealkylation sites (tertiary alicyclic amines) is 1. The lowest BCUT2D eigenvalue weighted by Crippen LogP contribution is -2.42. The predicted octanol–water partition coefficient (Wildman–Crippen LogP) is 1.56. The molecule has 1 aromatic heterocycles. The van der Waals surface area contributed by atoms with Crippen LogP contribution in [-0.4, -0.2) is 52.4 Å². The highest BCUT2D eigenvalue weighted by Crippen LogP contribution is 2.16. The number of hydrogen-bond acceptors (Lipinski definition) is 5. The van der Waals surface area contributed by atoms with Gasteiger partial charge >= 0.3 is 0 Å². The van der Waals surface area contributed by atoms with Gasteiger partial charge in [-0.15, -0.1) is 6.58 Å². The predicted molar refractivity (Wildman–Crippen MR) is 119 cm³/mol. The molecule has 1 fully saturated rings. The van der Waals surface area contributed by atoms with Crippen LogP contribution in [-0.2, 0) is 11.3 Å². The van der Waals surface area contributed by atoms with Crippen LogP contribution in [0.3, 0.4) is 0 Å². The van der Waals surface area contributed by atoms with Crippen molar-refractivity contribution in [3.05, 3.63) is 51.5 Å². The second kappa shape index (κ2) is 9.82. The summed E-state index contributed by atoms with van der Waals surface area (Å²) >= 11 is 5.24. The molecule has 1 unspecified atom stereocenters. The molecular weight excluding hydrogens is 402 g/mol. The van der Waals surface area contributed by atoms with E-state index in [1.165, 1.54) is 4.57 Å². The van der Waals surface area contributed by atoms with E-state index in [0.717, 1.165) is 32.4 Å². The van der Waals surface area contributed by atoms with Crippen LogP contribution in [0.15, 0.2) is 35.6 Å². The molecule has 1 aliphatic rings. The molecule has 1 aliphatic heterocycles. The van der Waals surface area contributed by atoms with Crippen molar-refractivity contribution < 1.29 is 9.59 Å². The molecule has 3 rings (SSSR count). The molecule has 1 saturated heterocycles. The summed E-state index contributed by atoms with van der Waals surface area (Å²) in [6.07, 6.45) is 4.20. The van der Waals surface area contributed by atoms with Crippen LogP contribution in [0, 0.1) is 10.7 Å². The summed E-state index contributed by atoms with van der Waals surface area (Å²) in [5, 5.41) is 3.37. The van der Waals surface area contributed by atoms with E-state index in [1.54, 1.807) is 24.3 Å². The molecule has 30 heavy (non-hydrogen) atoms. The fourth-order valence-electron chi connectivity index (χ4n) is 3.79. The highest BCUT2D eigenvalue weighted by molar-refractivity contribution is 7.71. The van der Waals surface area contributed by atoms with Gasteiger partial charge in [0.2, 0.25) is 5.91 Å². The smallest absolute Gasteiger partial charge is 0.262 e. The van der Waals surface area contributed by atoms with Gasteiger partial charge in [0, 0.05) is 25.2 Å². The summed E-state index contributed by atoms with van der Waals surface area (Å²) < 4.78 is 1.72. The summed E-state index contributed by atoms with van der Waals surface area (Å²) in [4.78, 5) is 41.6. The number of carbonyl (C=O) groups excluding carboxylic acids is 2. The minimum atomic E-state index is -0.236. The number of primary amides is 1. The maximum Gasteiger partial charge on any atom is 0.262 e. The van der Waals surface area contributed by atoms with Crippen molar-refractivity contribution in [1.29, 1.82) is 0 Å². The van der Waals surface area contributed by atoms with Gasteiger partial charge in [-0.3, -0.25) is 19.0 Å². The molecule has 2 heterocycles. The van der Waals surface area contributed by atoms with E-state index in [0.29, 0.717) is 40.9 Å². The highest BCUT2D eigenvalue weighted by atomic mass is 32.1. The summed E-state index contributed by atoms with van der Waals surface area (Å²) in [5.74, 6) is -0.521. The SMILES string of the molecule is C=CCn1c(=S)[nH]c2cc(C(=O)NCCCN3CCCC(C(N)=O)C3)ccc2c1=O. The molecule has 4 N–H and O–H groups in total. The molecule has 9 heteroatoms. The van der Waals surface area contributed by atoms with Crippen LogP contribution in [0.5, 0.6) is 0 Å². The van der Waals surface area contributed by atoms with Gasteiger partial charge < -0.3 is 20.9 Å². The van der Waals surface area contributed by atoms with E-state index >= 15 is 0 Å². The van der Waals surface area contributed by atoms with Crippen molar-refractivity contribution in [1.82, 2.24) is 19.8 Å². The zero-order valence-corrected chi connectivity index (χ0v) is 17.7. The van der Waals surface area contributed by atoms with E-state index in [4.69, 9.17) is 18.0 Å². The summed E-state index contributed by atoms with van der Waals surface area (Å²) in [6.45, 7) is 6.92. The molecule has 1 aromatic carbocycles. The molecule has 2 amide bonds. The Hall–Kier alpha value is -2.78. The number of fused-ring (bicyclic) bond motifs is 1. The summed E-state index contributed by atoms with van der Waals surface area (Å²) in [6, 6.07) is 4.91. The van der Waals surface area contributed by atoms with E-state index in [-0.39, 0.29) is 23.3 Å². The molecule has 0 bridgehead atoms. The van der Waals surface area contributed by atoms with Crippen LogP contribution in [0.4, 0.5) is 0 Å². The van der Waals surface area contributed by atoms with Crippen LogP contribution in [0.1, 0.15) is 29.6 Å². The van der Waals surface area contributed by atoms with E-state index < -0.39 is 0 Å². The normalized spacial score (nSPS) is 17.0. The Labute approximate surface area is 179 Å². The van der Waals surface area contributed by atoms with E-state index in [2.05, 4.69) is 21.8 Å². The van der Waals surface area contributed by atoms with Crippen molar-refractivity contribution in [3.63, 3.8) is 0 Å². The van der Waals surface area contributed by atoms with Gasteiger partial charge in [0.1, 0.15) is 0 Å². The lowest BCUT2D eigenvalue weighted by Gasteiger charge is -2.31. The quantitative estimate of drug-likeness (QED) is 0.335. The first-order valence-electron chi connectivity index (χ1n) is 10.1. The maximum absolute atomic E-state index is 12.5. The highest BCUT2D eigenvalue weighted by Gasteiger charge is 2.23. The maximum atomic E-state index is 12.5. The second-order valence-electron chi connectivity index (χ2n) is 7.55. The number of piperidine rings is 1. The number of nitrogens with two attached hydrogens (primary N) is 1. The van der Waals surface area contributed by atoms with Crippen LogP contribution in [0.2, 0.25) is 0 Å². The number of aromatic nitrogens is 2. The van der Waals surface area contributed by atoms with Crippen molar-refractivity contribution in [3.8, 4) is 0 Å². The Balaban J connectivity index is 1.58. The number of benzene rings is 1. The average Bonchev–Trinajstić information content (AvgIpc) is 2.73. The number of hydrogen-bond donors (Lipinski definition) is 3. The fourth-order valence-corrected chi connectivity index (χ4v) is 4.06. The summed E-state index contributed by atoms with van der Waals surface area (Å²) in [7, 11) is 0. The number of H-pyrrole nitrogens is 1. The van der Waals surface area contributed by atoms with Gasteiger partial charge in [0.15, 0.2) is 4.77 Å². The third-order valence-electron chi connectivity index (χ3n) is 5.40. The third kappa shape index (κ3) is 5.03. The molecule has 2 aromatic rings. The van der Waals surface area contributed by atoms with Gasteiger partial charge in [-0.1, -0.05) is 6.08 Å². The van der Waals surface area contributed by atoms with Crippen molar-refractivity contribution in [2.75, 3.05) is 26.2 Å². The monoisotopic (exact) mass is 429 g/mol. The first kappa shape index (κ1) is 21.9. The van der Waals surface area contributed by atoms with Gasteiger partial charge in [-0.2, -0.15) is 0 Å². The Bertz CT molecular complexity index is 1070. The Morgan fingerprint density at radius 3 is 2.93 bits per heavy atom. The minimum Gasteiger partial charge on any atom is -0.369 e. The number of rotatable bonds is 8. The molecule has 0 aliphatic carbocycles. The number of carbonyl (C=O) groups is 2. The van der Waals surface area contributed by atoms with Crippen LogP contribution >= 0.6 is 12.2 Å². The third-order valence-corrected chi connectivity index (χ3v) is 5.72. The largest absolute Gasteiger partial charge is 0.369 e. The zero-order valence-electron chi connectivity index (χ0n) is 16.9. The summed E-state index contributed by atoms with van der Waals surface area (Å²) in [5.41, 5.74) is 6.19. The second-order valence-corrected chi connectivity index (χ2v) is 7.93. The minimum absolute atomic E-state index is 0.0764. The lowest BCUT2D eigenvalue weighted by atomic mass is 9.97. The average molecular weight is 430 g/mol. The Morgan fingerprint density at radius 1 is 1.40 bits per heavy atom. The fraction of sp³-hybridized carbons (Fsp3) is 0.429. The van der Waals surface area contributed by atoms with Crippen LogP contribution < -0.4 is 16.6 Å². The van der Waals surface area contributed by atoms with Gasteiger partial charge in [0.25, 0.3) is 11.5 Å². The van der Waals surface area contributed by atoms with Gasteiger partial charge in [-0.25, -0.2) is 0 Å². The number of amides is 2. The van der Waals surface area contributed by atoms with E-state index in [1.807, 2.05) is 0 Å². The molecule has 8 nitrogen and oxygen atoms in total. The first-order valence-corrected chi connectivity index (χ1v) is 10.5. The standard InChI is InChI=1S/C21H27N5O3S/c1-2-9-26-20(29)16-7-6-14(12-17(16)24-21(26)30)19(28)23-8-4-11-25-10-3-5-15(13-25)18(22)27/h2,6-7,12,15H,1,3-5,8-11,13H2,(H2,22,27)(H,23,28)(H,24,30). The number of nitrogens with zero attached hydrogens (tertiary/aromatic N) is 2. The van der Waals surface area contributed by atoms with Gasteiger partial charge in [-0.05, 0) is 62.8 Å². The van der Waals surface area contributed by atoms with E-state index in [9.17, 15) is 14.4 Å². The van der Waals surface area contributed by atoms with Crippen molar-refractivity contribution in [2.45, 2.75) is 25.8 Å². The molecule has 0 radical (unpaired) electrons. The van der Waals surface area contributed by atoms with Crippen LogP contribution in [0.25, 0.3) is 10.9 Å². The number of nitrogens with one attached hydrogen (secondary N) is 2. The molecule has 0 saturated carbocycles. The zero-order chi connectivity index (χ0) is 21.7. The molecule has 0 spiro atoms. The lowest BCUT2D eigenvalue weighted by molar-refractivity contribution is -0.123. The first-order chi connectivity index (χ1) is 14.4. The van der Waals surface area contributed by atoms with Gasteiger partial charge in [0.05, 0.1) is 16.8 Å². The Morgan fingerprint density at radius 2 is 2.20 bits per heavy atom. The topological polar surface area (TPSA) is 113 Å². The Kier molecular flexibility index (Phi) is 7.17. The van der Waals surface area contributed by atoms with Crippen molar-refractivity contribution >= 4 is 34.9 Å². The molecule has 1 atom stereocenters. The van der Waals surface area contributed by atoms with Crippen molar-refractivity contribution in [2.24, 2.45) is 11.7 Å².